The molecule has 0 radical (unpaired) electrons. The van der Waals surface area contributed by atoms with Gasteiger partial charge in [-0.1, -0.05) is 48.0 Å². The first-order chi connectivity index (χ1) is 11.7. The van der Waals surface area contributed by atoms with E-state index in [1.807, 2.05) is 42.5 Å². The van der Waals surface area contributed by atoms with Gasteiger partial charge in [-0.05, 0) is 40.6 Å². The van der Waals surface area contributed by atoms with Gasteiger partial charge in [0, 0.05) is 5.02 Å². The number of carbonyl (C=O) groups is 1. The molecule has 0 aliphatic carbocycles. The number of hydrogen-bond acceptors (Lipinski definition) is 3. The summed E-state index contributed by atoms with van der Waals surface area (Å²) in [6, 6.07) is 18.6. The Morgan fingerprint density at radius 3 is 2.42 bits per heavy atom. The van der Waals surface area contributed by atoms with Crippen LogP contribution in [0.1, 0.15) is 15.9 Å². The maximum atomic E-state index is 12.4. The molecule has 0 bridgehead atoms. The van der Waals surface area contributed by atoms with Gasteiger partial charge in [-0.15, -0.1) is 0 Å². The molecule has 24 heavy (non-hydrogen) atoms. The molecule has 1 N–H and O–H groups in total. The minimum absolute atomic E-state index is 0.331. The summed E-state index contributed by atoms with van der Waals surface area (Å²) in [5.41, 5.74) is 3.79. The van der Waals surface area contributed by atoms with Crippen molar-refractivity contribution in [1.29, 1.82) is 0 Å². The lowest BCUT2D eigenvalue weighted by molar-refractivity contribution is 0.0952. The summed E-state index contributed by atoms with van der Waals surface area (Å²) in [5, 5.41) is 6.60. The number of nitrogens with zero attached hydrogens (tertiary/aromatic N) is 1. The summed E-state index contributed by atoms with van der Waals surface area (Å²) in [5.74, 6) is 0.177. The average molecular weight is 339 g/mol. The van der Waals surface area contributed by atoms with E-state index >= 15 is 0 Å². The molecule has 5 heteroatoms. The summed E-state index contributed by atoms with van der Waals surface area (Å²) in [6.45, 7) is 0. The number of hydrogen-bond donors (Lipinski definition) is 1. The molecule has 0 atom stereocenters. The van der Waals surface area contributed by atoms with Crippen LogP contribution in [0.25, 0.3) is 10.8 Å². The maximum absolute atomic E-state index is 12.4. The molecule has 0 heterocycles. The highest BCUT2D eigenvalue weighted by Gasteiger charge is 2.13. The lowest BCUT2D eigenvalue weighted by atomic mass is 10.1. The average Bonchev–Trinajstić information content (AvgIpc) is 2.62. The molecule has 1 amide bonds. The minimum Gasteiger partial charge on any atom is -0.496 e. The van der Waals surface area contributed by atoms with Crippen molar-refractivity contribution >= 4 is 34.5 Å². The van der Waals surface area contributed by atoms with Crippen molar-refractivity contribution < 1.29 is 9.53 Å². The Morgan fingerprint density at radius 2 is 1.75 bits per heavy atom. The third-order valence-electron chi connectivity index (χ3n) is 3.56. The number of methoxy groups -OCH3 is 1. The highest BCUT2D eigenvalue weighted by molar-refractivity contribution is 6.30. The Morgan fingerprint density at radius 1 is 1.08 bits per heavy atom. The molecule has 0 aliphatic heterocycles. The molecular weight excluding hydrogens is 324 g/mol. The van der Waals surface area contributed by atoms with Crippen molar-refractivity contribution in [2.75, 3.05) is 7.11 Å². The molecule has 3 aromatic rings. The van der Waals surface area contributed by atoms with Crippen LogP contribution in [0.5, 0.6) is 5.75 Å². The van der Waals surface area contributed by atoms with Gasteiger partial charge in [0.25, 0.3) is 5.91 Å². The molecule has 0 aliphatic rings. The van der Waals surface area contributed by atoms with E-state index in [-0.39, 0.29) is 5.91 Å². The van der Waals surface area contributed by atoms with Crippen LogP contribution in [-0.2, 0) is 0 Å². The zero-order chi connectivity index (χ0) is 16.9. The Hall–Kier alpha value is -2.85. The molecule has 0 saturated heterocycles. The zero-order valence-corrected chi connectivity index (χ0v) is 13.7. The Labute approximate surface area is 144 Å². The minimum atomic E-state index is -0.331. The lowest BCUT2D eigenvalue weighted by Gasteiger charge is -2.09. The number of rotatable bonds is 4. The van der Waals surface area contributed by atoms with Gasteiger partial charge >= 0.3 is 0 Å². The SMILES string of the molecule is COc1cc2ccccc2cc1C(=O)N/N=C\c1ccc(Cl)cc1. The smallest absolute Gasteiger partial charge is 0.275 e. The highest BCUT2D eigenvalue weighted by Crippen LogP contribution is 2.25. The highest BCUT2D eigenvalue weighted by atomic mass is 35.5. The number of benzene rings is 3. The van der Waals surface area contributed by atoms with E-state index in [2.05, 4.69) is 10.5 Å². The third kappa shape index (κ3) is 3.55. The first kappa shape index (κ1) is 16.0. The maximum Gasteiger partial charge on any atom is 0.275 e. The van der Waals surface area contributed by atoms with Crippen LogP contribution in [0, 0.1) is 0 Å². The Bertz CT molecular complexity index is 905. The second-order valence-electron chi connectivity index (χ2n) is 5.15. The predicted octanol–water partition coefficient (Wildman–Crippen LogP) is 4.27. The number of fused-ring (bicyclic) bond motifs is 1. The van der Waals surface area contributed by atoms with Gasteiger partial charge in [-0.25, -0.2) is 5.43 Å². The lowest BCUT2D eigenvalue weighted by Crippen LogP contribution is -2.18. The second-order valence-corrected chi connectivity index (χ2v) is 5.59. The van der Waals surface area contributed by atoms with E-state index in [0.29, 0.717) is 16.3 Å². The van der Waals surface area contributed by atoms with Crippen LogP contribution in [0.15, 0.2) is 65.8 Å². The summed E-state index contributed by atoms with van der Waals surface area (Å²) in [7, 11) is 1.54. The van der Waals surface area contributed by atoms with Crippen molar-refractivity contribution in [2.45, 2.75) is 0 Å². The fourth-order valence-electron chi connectivity index (χ4n) is 2.34. The standard InChI is InChI=1S/C19H15ClN2O2/c1-24-18-11-15-5-3-2-4-14(15)10-17(18)19(23)22-21-12-13-6-8-16(20)9-7-13/h2-12H,1H3,(H,22,23)/b21-12-. The number of halogens is 1. The van der Waals surface area contributed by atoms with Crippen molar-refractivity contribution in [3.8, 4) is 5.75 Å². The monoisotopic (exact) mass is 338 g/mol. The van der Waals surface area contributed by atoms with Crippen LogP contribution in [-0.4, -0.2) is 19.2 Å². The molecular formula is C19H15ClN2O2. The van der Waals surface area contributed by atoms with E-state index in [9.17, 15) is 4.79 Å². The summed E-state index contributed by atoms with van der Waals surface area (Å²) in [4.78, 5) is 12.4. The van der Waals surface area contributed by atoms with E-state index in [4.69, 9.17) is 16.3 Å². The van der Waals surface area contributed by atoms with Gasteiger partial charge in [0.1, 0.15) is 5.75 Å². The van der Waals surface area contributed by atoms with Gasteiger partial charge in [0.15, 0.2) is 0 Å². The first-order valence-corrected chi connectivity index (χ1v) is 7.71. The van der Waals surface area contributed by atoms with E-state index in [1.54, 1.807) is 24.4 Å². The third-order valence-corrected chi connectivity index (χ3v) is 3.81. The molecule has 4 nitrogen and oxygen atoms in total. The van der Waals surface area contributed by atoms with E-state index in [0.717, 1.165) is 16.3 Å². The molecule has 0 fully saturated rings. The van der Waals surface area contributed by atoms with E-state index in [1.165, 1.54) is 7.11 Å². The number of hydrazone groups is 1. The molecule has 0 unspecified atom stereocenters. The predicted molar refractivity (Wildman–Crippen MR) is 97.0 cm³/mol. The van der Waals surface area contributed by atoms with Crippen molar-refractivity contribution in [2.24, 2.45) is 5.10 Å². The summed E-state index contributed by atoms with van der Waals surface area (Å²) < 4.78 is 5.32. The molecule has 0 spiro atoms. The van der Waals surface area contributed by atoms with Gasteiger partial charge in [0.2, 0.25) is 0 Å². The van der Waals surface area contributed by atoms with Crippen LogP contribution in [0.3, 0.4) is 0 Å². The van der Waals surface area contributed by atoms with Crippen LogP contribution in [0.2, 0.25) is 5.02 Å². The first-order valence-electron chi connectivity index (χ1n) is 7.33. The zero-order valence-electron chi connectivity index (χ0n) is 13.0. The normalized spacial score (nSPS) is 10.9. The Kier molecular flexibility index (Phi) is 4.77. The number of amides is 1. The molecule has 0 saturated carbocycles. The van der Waals surface area contributed by atoms with Gasteiger partial charge in [0.05, 0.1) is 18.9 Å². The fourth-order valence-corrected chi connectivity index (χ4v) is 2.47. The number of ether oxygens (including phenoxy) is 1. The second kappa shape index (κ2) is 7.15. The van der Waals surface area contributed by atoms with Crippen LogP contribution in [0.4, 0.5) is 0 Å². The quantitative estimate of drug-likeness (QED) is 0.570. The fraction of sp³-hybridized carbons (Fsp3) is 0.0526. The number of nitrogens with one attached hydrogen (secondary N) is 1. The van der Waals surface area contributed by atoms with Crippen molar-refractivity contribution in [3.63, 3.8) is 0 Å². The van der Waals surface area contributed by atoms with Crippen LogP contribution >= 0.6 is 11.6 Å². The molecule has 0 aromatic heterocycles. The van der Waals surface area contributed by atoms with Gasteiger partial charge in [-0.3, -0.25) is 4.79 Å². The molecule has 3 rings (SSSR count). The van der Waals surface area contributed by atoms with Crippen molar-refractivity contribution in [1.82, 2.24) is 5.43 Å². The summed E-state index contributed by atoms with van der Waals surface area (Å²) >= 11 is 5.83. The molecule has 3 aromatic carbocycles. The largest absolute Gasteiger partial charge is 0.496 e. The topological polar surface area (TPSA) is 50.7 Å². The molecule has 120 valence electrons. The van der Waals surface area contributed by atoms with E-state index < -0.39 is 0 Å². The van der Waals surface area contributed by atoms with Crippen LogP contribution < -0.4 is 10.2 Å². The number of carbonyl (C=O) groups excluding carboxylic acids is 1. The summed E-state index contributed by atoms with van der Waals surface area (Å²) in [6.07, 6.45) is 1.56. The Balaban J connectivity index is 1.81. The van der Waals surface area contributed by atoms with Crippen molar-refractivity contribution in [3.05, 3.63) is 76.8 Å². The van der Waals surface area contributed by atoms with Gasteiger partial charge in [-0.2, -0.15) is 5.10 Å². The van der Waals surface area contributed by atoms with Gasteiger partial charge < -0.3 is 4.74 Å².